The molecule has 0 bridgehead atoms. The molecule has 0 radical (unpaired) electrons. The van der Waals surface area contributed by atoms with Crippen molar-refractivity contribution in [3.63, 3.8) is 0 Å². The second kappa shape index (κ2) is 12.2. The van der Waals surface area contributed by atoms with Crippen LogP contribution in [0.15, 0.2) is 47.7 Å². The average molecular weight is 720 g/mol. The molecular formula is C38H38ClN9O4. The van der Waals surface area contributed by atoms with Gasteiger partial charge in [-0.1, -0.05) is 24.6 Å². The number of benzene rings is 1. The molecule has 1 atom stereocenters. The maximum Gasteiger partial charge on any atom is 0.279 e. The number of halogens is 1. The zero-order chi connectivity index (χ0) is 35.9. The molecule has 4 aliphatic rings. The van der Waals surface area contributed by atoms with E-state index in [1.807, 2.05) is 34.9 Å². The highest BCUT2D eigenvalue weighted by atomic mass is 35.5. The van der Waals surface area contributed by atoms with Crippen LogP contribution in [0.2, 0.25) is 5.02 Å². The van der Waals surface area contributed by atoms with Crippen molar-refractivity contribution in [2.24, 2.45) is 0 Å². The van der Waals surface area contributed by atoms with Gasteiger partial charge in [0, 0.05) is 53.1 Å². The van der Waals surface area contributed by atoms with Gasteiger partial charge in [0.15, 0.2) is 17.3 Å². The first-order chi connectivity index (χ1) is 25.1. The number of anilines is 1. The van der Waals surface area contributed by atoms with Gasteiger partial charge < -0.3 is 19.9 Å². The number of aromatic hydroxyl groups is 1. The number of hydrogen-bond donors (Lipinski definition) is 2. The Hall–Kier alpha value is -5.17. The van der Waals surface area contributed by atoms with Gasteiger partial charge in [-0.2, -0.15) is 9.50 Å². The van der Waals surface area contributed by atoms with E-state index in [1.165, 1.54) is 16.4 Å². The average Bonchev–Trinajstić information content (AvgIpc) is 4.08. The van der Waals surface area contributed by atoms with E-state index in [1.54, 1.807) is 18.0 Å². The Kier molecular flexibility index (Phi) is 7.69. The minimum atomic E-state index is -0.555. The van der Waals surface area contributed by atoms with Crippen molar-refractivity contribution in [1.29, 1.82) is 0 Å². The predicted octanol–water partition coefficient (Wildman–Crippen LogP) is 5.49. The van der Waals surface area contributed by atoms with Gasteiger partial charge in [0.2, 0.25) is 11.7 Å². The van der Waals surface area contributed by atoms with Crippen molar-refractivity contribution in [2.75, 3.05) is 18.4 Å². The molecule has 14 heteroatoms. The number of carbonyl (C=O) groups excluding carboxylic acids is 2. The van der Waals surface area contributed by atoms with Crippen LogP contribution < -0.4 is 10.9 Å². The summed E-state index contributed by atoms with van der Waals surface area (Å²) in [6.07, 6.45) is 9.29. The van der Waals surface area contributed by atoms with Gasteiger partial charge in [0.25, 0.3) is 11.5 Å². The molecule has 4 aromatic heterocycles. The standard InChI is InChI=1S/C38H38ClN9O4/c1-20-16-38(11-13-46(14-12-38)36(52)31-33(50)21(2)41-19-42-31)30-32(20)47(18-29(49)43-28-10-7-24(15-26(28)39)22-3-4-22)37-44-34(45-48(37)35(30)51)25-8-9-27(40-17-25)23-5-6-23/h7-10,15,17,19-20,22-23,50H,3-6,11-14,16,18H2,1-2H3,(H,43,49). The Morgan fingerprint density at radius 3 is 2.50 bits per heavy atom. The Labute approximate surface area is 304 Å². The van der Waals surface area contributed by atoms with E-state index < -0.39 is 5.41 Å². The highest BCUT2D eigenvalue weighted by molar-refractivity contribution is 6.33. The van der Waals surface area contributed by atoms with E-state index in [2.05, 4.69) is 27.2 Å². The molecule has 13 nitrogen and oxygen atoms in total. The van der Waals surface area contributed by atoms with Crippen molar-refractivity contribution < 1.29 is 14.7 Å². The second-order valence-electron chi connectivity index (χ2n) is 14.9. The van der Waals surface area contributed by atoms with Crippen LogP contribution in [0.3, 0.4) is 0 Å². The summed E-state index contributed by atoms with van der Waals surface area (Å²) in [7, 11) is 0. The first-order valence-electron chi connectivity index (χ1n) is 18.0. The van der Waals surface area contributed by atoms with E-state index >= 15 is 0 Å². The molecule has 5 aromatic rings. The fourth-order valence-electron chi connectivity index (χ4n) is 8.31. The van der Waals surface area contributed by atoms with Gasteiger partial charge in [-0.15, -0.1) is 5.10 Å². The largest absolute Gasteiger partial charge is 0.504 e. The van der Waals surface area contributed by atoms with Gasteiger partial charge in [-0.05, 0) is 93.5 Å². The summed E-state index contributed by atoms with van der Waals surface area (Å²) in [6, 6.07) is 9.71. The third-order valence-corrected chi connectivity index (χ3v) is 11.7. The molecule has 266 valence electrons. The zero-order valence-corrected chi connectivity index (χ0v) is 29.7. The highest BCUT2D eigenvalue weighted by Crippen LogP contribution is 2.51. The lowest BCUT2D eigenvalue weighted by Crippen LogP contribution is -2.46. The Bertz CT molecular complexity index is 2340. The van der Waals surface area contributed by atoms with Crippen molar-refractivity contribution in [3.8, 4) is 17.1 Å². The summed E-state index contributed by atoms with van der Waals surface area (Å²) in [5.74, 6) is 0.666. The number of carbonyl (C=O) groups is 2. The molecule has 1 aromatic carbocycles. The van der Waals surface area contributed by atoms with E-state index in [9.17, 15) is 19.5 Å². The molecule has 1 saturated heterocycles. The number of aromatic nitrogens is 7. The third-order valence-electron chi connectivity index (χ3n) is 11.4. The number of piperidine rings is 1. The maximum absolute atomic E-state index is 14.6. The van der Waals surface area contributed by atoms with Crippen molar-refractivity contribution >= 4 is 34.9 Å². The smallest absolute Gasteiger partial charge is 0.279 e. The van der Waals surface area contributed by atoms with Gasteiger partial charge in [0.1, 0.15) is 12.9 Å². The summed E-state index contributed by atoms with van der Waals surface area (Å²) in [6.45, 7) is 4.31. The summed E-state index contributed by atoms with van der Waals surface area (Å²) < 4.78 is 3.16. The van der Waals surface area contributed by atoms with Crippen LogP contribution in [0, 0.1) is 6.92 Å². The molecule has 2 saturated carbocycles. The SMILES string of the molecule is Cc1ncnc(C(=O)N2CCC3(CC2)CC(C)c2c3c(=O)n3nc(-c4ccc(C5CC5)nc4)nc3n2CC(=O)Nc2ccc(C3CC3)cc2Cl)c1O. The van der Waals surface area contributed by atoms with Crippen molar-refractivity contribution in [1.82, 2.24) is 39.0 Å². The molecule has 52 heavy (non-hydrogen) atoms. The Balaban J connectivity index is 1.09. The minimum Gasteiger partial charge on any atom is -0.504 e. The van der Waals surface area contributed by atoms with Crippen molar-refractivity contribution in [3.05, 3.63) is 92.1 Å². The number of nitrogens with one attached hydrogen (secondary N) is 1. The third kappa shape index (κ3) is 5.53. The lowest BCUT2D eigenvalue weighted by molar-refractivity contribution is -0.116. The molecule has 2 amide bonds. The number of fused-ring (bicyclic) bond motifs is 3. The monoisotopic (exact) mass is 719 g/mol. The number of nitrogens with zero attached hydrogens (tertiary/aromatic N) is 8. The van der Waals surface area contributed by atoms with Gasteiger partial charge in [-0.25, -0.2) is 9.97 Å². The first kappa shape index (κ1) is 32.7. The lowest BCUT2D eigenvalue weighted by Gasteiger charge is -2.39. The number of aryl methyl sites for hydroxylation is 1. The van der Waals surface area contributed by atoms with E-state index in [4.69, 9.17) is 21.7 Å². The fourth-order valence-corrected chi connectivity index (χ4v) is 8.54. The van der Waals surface area contributed by atoms with Crippen LogP contribution in [0.1, 0.15) is 108 Å². The zero-order valence-electron chi connectivity index (χ0n) is 29.0. The molecule has 1 aliphatic heterocycles. The molecule has 2 N–H and O–H groups in total. The lowest BCUT2D eigenvalue weighted by atomic mass is 9.73. The first-order valence-corrected chi connectivity index (χ1v) is 18.4. The summed E-state index contributed by atoms with van der Waals surface area (Å²) >= 11 is 6.63. The van der Waals surface area contributed by atoms with Gasteiger partial charge in [-0.3, -0.25) is 19.4 Å². The molecule has 3 aliphatic carbocycles. The van der Waals surface area contributed by atoms with Crippen LogP contribution in [-0.2, 0) is 16.8 Å². The topological polar surface area (TPSA) is 160 Å². The van der Waals surface area contributed by atoms with Gasteiger partial charge >= 0.3 is 0 Å². The molecule has 5 heterocycles. The number of pyridine rings is 1. The molecule has 3 fully saturated rings. The van der Waals surface area contributed by atoms with E-state index in [-0.39, 0.29) is 47.1 Å². The Morgan fingerprint density at radius 2 is 1.81 bits per heavy atom. The van der Waals surface area contributed by atoms with Crippen LogP contribution in [0.4, 0.5) is 5.69 Å². The summed E-state index contributed by atoms with van der Waals surface area (Å²) in [4.78, 5) is 61.1. The molecule has 9 rings (SSSR count). The maximum atomic E-state index is 14.6. The fraction of sp³-hybridized carbons (Fsp3) is 0.421. The summed E-state index contributed by atoms with van der Waals surface area (Å²) in [5.41, 5.74) is 4.27. The number of likely N-dealkylation sites (tertiary alicyclic amines) is 1. The molecule has 1 spiro atoms. The van der Waals surface area contributed by atoms with Crippen LogP contribution in [0.25, 0.3) is 17.2 Å². The predicted molar refractivity (Wildman–Crippen MR) is 193 cm³/mol. The van der Waals surface area contributed by atoms with E-state index in [0.29, 0.717) is 77.5 Å². The Morgan fingerprint density at radius 1 is 1.04 bits per heavy atom. The normalized spacial score (nSPS) is 19.3. The number of rotatable bonds is 7. The molecular weight excluding hydrogens is 682 g/mol. The summed E-state index contributed by atoms with van der Waals surface area (Å²) in [5, 5.41) is 18.7. The molecule has 1 unspecified atom stereocenters. The van der Waals surface area contributed by atoms with Crippen LogP contribution in [-0.4, -0.2) is 69.0 Å². The quantitative estimate of drug-likeness (QED) is 0.222. The number of amides is 2. The highest BCUT2D eigenvalue weighted by Gasteiger charge is 2.49. The minimum absolute atomic E-state index is 0.0317. The second-order valence-corrected chi connectivity index (χ2v) is 15.3. The van der Waals surface area contributed by atoms with Crippen LogP contribution in [0.5, 0.6) is 5.75 Å². The van der Waals surface area contributed by atoms with Crippen LogP contribution >= 0.6 is 11.6 Å². The van der Waals surface area contributed by atoms with Crippen molar-refractivity contribution in [2.45, 2.75) is 88.5 Å². The van der Waals surface area contributed by atoms with Gasteiger partial charge in [0.05, 0.1) is 16.4 Å². The number of hydrogen-bond acceptors (Lipinski definition) is 9. The van der Waals surface area contributed by atoms with E-state index in [0.717, 1.165) is 37.1 Å².